The van der Waals surface area contributed by atoms with Crippen molar-refractivity contribution in [1.29, 1.82) is 0 Å². The normalized spacial score (nSPS) is 21.5. The Bertz CT molecular complexity index is 374. The Morgan fingerprint density at radius 1 is 1.53 bits per heavy atom. The molecule has 1 aliphatic rings. The number of halogens is 1. The van der Waals surface area contributed by atoms with Crippen LogP contribution in [0.1, 0.15) is 38.2 Å². The van der Waals surface area contributed by atoms with Gasteiger partial charge in [0.2, 0.25) is 0 Å². The minimum Gasteiger partial charge on any atom is -0.487 e. The molecule has 94 valence electrons. The quantitative estimate of drug-likeness (QED) is 0.885. The molecule has 2 rings (SSSR count). The molecule has 2 unspecified atom stereocenters. The number of rotatable bonds is 4. The molecule has 1 aromatic rings. The summed E-state index contributed by atoms with van der Waals surface area (Å²) in [6, 6.07) is 6.16. The van der Waals surface area contributed by atoms with Gasteiger partial charge < -0.3 is 10.1 Å². The molecule has 1 aliphatic heterocycles. The van der Waals surface area contributed by atoms with Crippen molar-refractivity contribution in [3.63, 3.8) is 0 Å². The lowest BCUT2D eigenvalue weighted by Crippen LogP contribution is -2.19. The van der Waals surface area contributed by atoms with E-state index in [9.17, 15) is 0 Å². The molecule has 1 fully saturated rings. The van der Waals surface area contributed by atoms with Gasteiger partial charge in [-0.15, -0.1) is 0 Å². The van der Waals surface area contributed by atoms with E-state index in [4.69, 9.17) is 16.3 Å². The molecule has 0 radical (unpaired) electrons. The van der Waals surface area contributed by atoms with Crippen LogP contribution < -0.4 is 10.1 Å². The average molecular weight is 254 g/mol. The molecular weight excluding hydrogens is 234 g/mol. The second-order valence-corrected chi connectivity index (χ2v) is 5.14. The molecule has 0 aromatic heterocycles. The zero-order valence-electron chi connectivity index (χ0n) is 10.5. The zero-order valence-corrected chi connectivity index (χ0v) is 11.3. The monoisotopic (exact) mass is 253 g/mol. The van der Waals surface area contributed by atoms with Crippen molar-refractivity contribution < 1.29 is 4.74 Å². The molecule has 17 heavy (non-hydrogen) atoms. The van der Waals surface area contributed by atoms with Crippen LogP contribution in [0, 0.1) is 0 Å². The lowest BCUT2D eigenvalue weighted by Gasteiger charge is -2.16. The van der Waals surface area contributed by atoms with E-state index < -0.39 is 0 Å². The van der Waals surface area contributed by atoms with E-state index in [0.29, 0.717) is 5.92 Å². The van der Waals surface area contributed by atoms with Crippen LogP contribution in [0.15, 0.2) is 18.2 Å². The molecule has 1 saturated heterocycles. The molecule has 0 aliphatic carbocycles. The largest absolute Gasteiger partial charge is 0.487 e. The molecule has 1 aromatic carbocycles. The van der Waals surface area contributed by atoms with Gasteiger partial charge in [-0.2, -0.15) is 0 Å². The molecular formula is C14H20ClNO. The maximum atomic E-state index is 6.26. The maximum Gasteiger partial charge on any atom is 0.138 e. The Hall–Kier alpha value is -0.730. The van der Waals surface area contributed by atoms with Gasteiger partial charge >= 0.3 is 0 Å². The minimum absolute atomic E-state index is 0.266. The first-order valence-corrected chi connectivity index (χ1v) is 6.75. The second-order valence-electron chi connectivity index (χ2n) is 4.73. The summed E-state index contributed by atoms with van der Waals surface area (Å²) in [5.74, 6) is 1.36. The van der Waals surface area contributed by atoms with Gasteiger partial charge in [-0.05, 0) is 43.0 Å². The van der Waals surface area contributed by atoms with Crippen LogP contribution in [-0.2, 0) is 0 Å². The fourth-order valence-electron chi connectivity index (χ4n) is 2.06. The van der Waals surface area contributed by atoms with Gasteiger partial charge in [0.05, 0.1) is 5.02 Å². The van der Waals surface area contributed by atoms with Crippen LogP contribution in [0.4, 0.5) is 0 Å². The Balaban J connectivity index is 2.08. The van der Waals surface area contributed by atoms with Gasteiger partial charge in [0.1, 0.15) is 11.9 Å². The second kappa shape index (κ2) is 5.74. The van der Waals surface area contributed by atoms with Crippen LogP contribution >= 0.6 is 11.6 Å². The van der Waals surface area contributed by atoms with E-state index >= 15 is 0 Å². The van der Waals surface area contributed by atoms with Crippen molar-refractivity contribution in [3.05, 3.63) is 28.8 Å². The first kappa shape index (κ1) is 12.7. The van der Waals surface area contributed by atoms with E-state index in [2.05, 4.69) is 25.2 Å². The SMILES string of the molecule is CCC(C)c1ccc(OC2CCNC2)c(Cl)c1. The van der Waals surface area contributed by atoms with E-state index in [-0.39, 0.29) is 6.10 Å². The van der Waals surface area contributed by atoms with Crippen LogP contribution in [0.2, 0.25) is 5.02 Å². The van der Waals surface area contributed by atoms with Gasteiger partial charge in [0.15, 0.2) is 0 Å². The molecule has 3 heteroatoms. The smallest absolute Gasteiger partial charge is 0.138 e. The lowest BCUT2D eigenvalue weighted by molar-refractivity contribution is 0.223. The number of ether oxygens (including phenoxy) is 1. The Kier molecular flexibility index (Phi) is 4.30. The highest BCUT2D eigenvalue weighted by atomic mass is 35.5. The standard InChI is InChI=1S/C14H20ClNO/c1-3-10(2)11-4-5-14(13(15)8-11)17-12-6-7-16-9-12/h4-5,8,10,12,16H,3,6-7,9H2,1-2H3. The van der Waals surface area contributed by atoms with E-state index in [1.165, 1.54) is 5.56 Å². The molecule has 0 spiro atoms. The summed E-state index contributed by atoms with van der Waals surface area (Å²) in [5, 5.41) is 4.01. The zero-order chi connectivity index (χ0) is 12.3. The van der Waals surface area contributed by atoms with Crippen molar-refractivity contribution in [1.82, 2.24) is 5.32 Å². The molecule has 1 heterocycles. The summed E-state index contributed by atoms with van der Waals surface area (Å²) in [7, 11) is 0. The molecule has 0 amide bonds. The third-order valence-corrected chi connectivity index (χ3v) is 3.74. The maximum absolute atomic E-state index is 6.26. The summed E-state index contributed by atoms with van der Waals surface area (Å²) >= 11 is 6.26. The van der Waals surface area contributed by atoms with Crippen molar-refractivity contribution in [2.24, 2.45) is 0 Å². The van der Waals surface area contributed by atoms with Crippen LogP contribution in [0.5, 0.6) is 5.75 Å². The van der Waals surface area contributed by atoms with E-state index in [0.717, 1.165) is 36.7 Å². The Morgan fingerprint density at radius 3 is 2.94 bits per heavy atom. The third kappa shape index (κ3) is 3.14. The summed E-state index contributed by atoms with van der Waals surface area (Å²) < 4.78 is 5.88. The van der Waals surface area contributed by atoms with Gasteiger partial charge in [0, 0.05) is 6.54 Å². The minimum atomic E-state index is 0.266. The first-order valence-electron chi connectivity index (χ1n) is 6.37. The fraction of sp³-hybridized carbons (Fsp3) is 0.571. The van der Waals surface area contributed by atoms with E-state index in [1.807, 2.05) is 12.1 Å². The van der Waals surface area contributed by atoms with E-state index in [1.54, 1.807) is 0 Å². The number of benzene rings is 1. The number of hydrogen-bond acceptors (Lipinski definition) is 2. The molecule has 0 saturated carbocycles. The first-order chi connectivity index (χ1) is 8.20. The fourth-order valence-corrected chi connectivity index (χ4v) is 2.30. The average Bonchev–Trinajstić information content (AvgIpc) is 2.83. The molecule has 1 N–H and O–H groups in total. The highest BCUT2D eigenvalue weighted by Crippen LogP contribution is 2.30. The molecule has 2 nitrogen and oxygen atoms in total. The van der Waals surface area contributed by atoms with Crippen LogP contribution in [-0.4, -0.2) is 19.2 Å². The van der Waals surface area contributed by atoms with Crippen LogP contribution in [0.25, 0.3) is 0 Å². The number of hydrogen-bond donors (Lipinski definition) is 1. The topological polar surface area (TPSA) is 21.3 Å². The predicted octanol–water partition coefficient (Wildman–Crippen LogP) is 3.59. The summed E-state index contributed by atoms with van der Waals surface area (Å²) in [6.45, 7) is 6.36. The summed E-state index contributed by atoms with van der Waals surface area (Å²) in [6.07, 6.45) is 2.45. The van der Waals surface area contributed by atoms with Gasteiger partial charge in [0.25, 0.3) is 0 Å². The summed E-state index contributed by atoms with van der Waals surface area (Å²) in [4.78, 5) is 0. The predicted molar refractivity (Wildman–Crippen MR) is 72.1 cm³/mol. The van der Waals surface area contributed by atoms with Crippen molar-refractivity contribution >= 4 is 11.6 Å². The van der Waals surface area contributed by atoms with Crippen molar-refractivity contribution in [2.75, 3.05) is 13.1 Å². The lowest BCUT2D eigenvalue weighted by atomic mass is 9.99. The third-order valence-electron chi connectivity index (χ3n) is 3.45. The Morgan fingerprint density at radius 2 is 2.35 bits per heavy atom. The molecule has 2 atom stereocenters. The molecule has 0 bridgehead atoms. The Labute approximate surface area is 108 Å². The van der Waals surface area contributed by atoms with Crippen LogP contribution in [0.3, 0.4) is 0 Å². The van der Waals surface area contributed by atoms with Gasteiger partial charge in [-0.1, -0.05) is 31.5 Å². The highest BCUT2D eigenvalue weighted by Gasteiger charge is 2.17. The number of nitrogens with one attached hydrogen (secondary N) is 1. The van der Waals surface area contributed by atoms with Gasteiger partial charge in [-0.25, -0.2) is 0 Å². The highest BCUT2D eigenvalue weighted by molar-refractivity contribution is 6.32. The summed E-state index contributed by atoms with van der Waals surface area (Å²) in [5.41, 5.74) is 1.29. The van der Waals surface area contributed by atoms with Crippen molar-refractivity contribution in [3.8, 4) is 5.75 Å². The van der Waals surface area contributed by atoms with Gasteiger partial charge in [-0.3, -0.25) is 0 Å². The van der Waals surface area contributed by atoms with Crippen molar-refractivity contribution in [2.45, 2.75) is 38.7 Å².